The van der Waals surface area contributed by atoms with E-state index in [1.165, 1.54) is 11.8 Å². The van der Waals surface area contributed by atoms with Crippen LogP contribution in [0.15, 0.2) is 28.6 Å². The number of hydrogen-bond acceptors (Lipinski definition) is 3. The predicted octanol–water partition coefficient (Wildman–Crippen LogP) is 4.61. The normalized spacial score (nSPS) is 12.3. The maximum atomic E-state index is 13.6. The molecule has 126 valence electrons. The number of halogens is 2. The van der Waals surface area contributed by atoms with Crippen LogP contribution in [0.2, 0.25) is 5.02 Å². The molecule has 6 heteroatoms. The van der Waals surface area contributed by atoms with Gasteiger partial charge in [0.25, 0.3) is 0 Å². The molecule has 1 aromatic carbocycles. The quantitative estimate of drug-likeness (QED) is 0.710. The maximum absolute atomic E-state index is 13.6. The third-order valence-corrected chi connectivity index (χ3v) is 5.16. The number of rotatable bonds is 7. The van der Waals surface area contributed by atoms with Gasteiger partial charge in [0, 0.05) is 23.7 Å². The second-order valence-electron chi connectivity index (χ2n) is 5.40. The highest BCUT2D eigenvalue weighted by Crippen LogP contribution is 2.20. The van der Waals surface area contributed by atoms with Crippen molar-refractivity contribution in [2.24, 2.45) is 4.99 Å². The van der Waals surface area contributed by atoms with Gasteiger partial charge in [0.1, 0.15) is 5.82 Å². The zero-order valence-corrected chi connectivity index (χ0v) is 15.4. The van der Waals surface area contributed by atoms with Crippen LogP contribution in [-0.2, 0) is 6.54 Å². The Balaban J connectivity index is 2.17. The van der Waals surface area contributed by atoms with Gasteiger partial charge in [-0.2, -0.15) is 0 Å². The first-order chi connectivity index (χ1) is 11.0. The summed E-state index contributed by atoms with van der Waals surface area (Å²) in [5.41, 5.74) is 1.77. The molecule has 0 saturated heterocycles. The summed E-state index contributed by atoms with van der Waals surface area (Å²) < 4.78 is 15.8. The van der Waals surface area contributed by atoms with E-state index in [-0.39, 0.29) is 5.02 Å². The molecule has 0 aliphatic carbocycles. The van der Waals surface area contributed by atoms with E-state index >= 15 is 0 Å². The van der Waals surface area contributed by atoms with Gasteiger partial charge in [0.15, 0.2) is 4.80 Å². The molecule has 0 unspecified atom stereocenters. The molecule has 23 heavy (non-hydrogen) atoms. The highest BCUT2D eigenvalue weighted by Gasteiger charge is 2.05. The van der Waals surface area contributed by atoms with Crippen molar-refractivity contribution in [3.8, 4) is 0 Å². The number of aryl methyl sites for hydroxylation is 1. The van der Waals surface area contributed by atoms with E-state index in [9.17, 15) is 4.39 Å². The van der Waals surface area contributed by atoms with Crippen LogP contribution in [0, 0.1) is 12.7 Å². The number of benzene rings is 1. The Morgan fingerprint density at radius 3 is 2.70 bits per heavy atom. The largest absolute Gasteiger partial charge is 0.321 e. The fourth-order valence-corrected chi connectivity index (χ4v) is 3.47. The lowest BCUT2D eigenvalue weighted by Gasteiger charge is -2.18. The first-order valence-corrected chi connectivity index (χ1v) is 9.18. The third-order valence-electron chi connectivity index (χ3n) is 3.87. The van der Waals surface area contributed by atoms with Gasteiger partial charge in [0.05, 0.1) is 10.7 Å². The number of nitrogens with zero attached hydrogens (tertiary/aromatic N) is 3. The van der Waals surface area contributed by atoms with E-state index in [2.05, 4.69) is 40.6 Å². The lowest BCUT2D eigenvalue weighted by molar-refractivity contribution is 0.292. The Labute approximate surface area is 146 Å². The second kappa shape index (κ2) is 8.62. The second-order valence-corrected chi connectivity index (χ2v) is 6.65. The minimum absolute atomic E-state index is 0.124. The van der Waals surface area contributed by atoms with Crippen molar-refractivity contribution in [2.75, 3.05) is 19.6 Å². The summed E-state index contributed by atoms with van der Waals surface area (Å²) in [6.07, 6.45) is 1.07. The van der Waals surface area contributed by atoms with Gasteiger partial charge in [-0.05, 0) is 45.1 Å². The molecule has 1 heterocycles. The molecule has 0 amide bonds. The fraction of sp³-hybridized carbons (Fsp3) is 0.471. The van der Waals surface area contributed by atoms with Crippen LogP contribution < -0.4 is 4.80 Å². The van der Waals surface area contributed by atoms with Gasteiger partial charge in [-0.15, -0.1) is 11.3 Å². The SMILES string of the molecule is CCN(CC)CCCn1c(C)csc1=Nc1ccc(Cl)c(F)c1. The van der Waals surface area contributed by atoms with Crippen LogP contribution in [0.5, 0.6) is 0 Å². The molecule has 0 spiro atoms. The minimum Gasteiger partial charge on any atom is -0.321 e. The van der Waals surface area contributed by atoms with Crippen molar-refractivity contribution < 1.29 is 4.39 Å². The molecule has 0 aliphatic heterocycles. The van der Waals surface area contributed by atoms with Gasteiger partial charge < -0.3 is 9.47 Å². The standard InChI is InChI=1S/C17H23ClFN3S/c1-4-21(5-2)9-6-10-22-13(3)12-23-17(22)20-14-7-8-15(18)16(19)11-14/h7-8,11-12H,4-6,9-10H2,1-3H3. The van der Waals surface area contributed by atoms with Crippen molar-refractivity contribution in [3.63, 3.8) is 0 Å². The van der Waals surface area contributed by atoms with E-state index in [4.69, 9.17) is 11.6 Å². The van der Waals surface area contributed by atoms with Crippen molar-refractivity contribution in [2.45, 2.75) is 33.7 Å². The first kappa shape index (κ1) is 18.2. The molecular weight excluding hydrogens is 333 g/mol. The van der Waals surface area contributed by atoms with E-state index in [0.717, 1.165) is 37.4 Å². The Hall–Kier alpha value is -1.17. The van der Waals surface area contributed by atoms with Crippen LogP contribution in [-0.4, -0.2) is 29.1 Å². The van der Waals surface area contributed by atoms with Gasteiger partial charge in [-0.25, -0.2) is 9.38 Å². The van der Waals surface area contributed by atoms with E-state index in [1.807, 2.05) is 0 Å². The molecule has 0 radical (unpaired) electrons. The van der Waals surface area contributed by atoms with Crippen molar-refractivity contribution in [1.82, 2.24) is 9.47 Å². The molecule has 0 fully saturated rings. The molecule has 0 N–H and O–H groups in total. The topological polar surface area (TPSA) is 20.5 Å². The van der Waals surface area contributed by atoms with Crippen molar-refractivity contribution in [3.05, 3.63) is 44.9 Å². The molecule has 0 saturated carbocycles. The lowest BCUT2D eigenvalue weighted by atomic mass is 10.3. The molecule has 2 aromatic rings. The van der Waals surface area contributed by atoms with Crippen molar-refractivity contribution in [1.29, 1.82) is 0 Å². The molecule has 0 aliphatic rings. The number of thiazole rings is 1. The number of hydrogen-bond donors (Lipinski definition) is 0. The summed E-state index contributed by atoms with van der Waals surface area (Å²) in [7, 11) is 0. The molecule has 1 aromatic heterocycles. The monoisotopic (exact) mass is 355 g/mol. The maximum Gasteiger partial charge on any atom is 0.190 e. The summed E-state index contributed by atoms with van der Waals surface area (Å²) in [5.74, 6) is -0.436. The smallest absolute Gasteiger partial charge is 0.190 e. The van der Waals surface area contributed by atoms with Crippen LogP contribution in [0.25, 0.3) is 0 Å². The first-order valence-electron chi connectivity index (χ1n) is 7.92. The number of aromatic nitrogens is 1. The summed E-state index contributed by atoms with van der Waals surface area (Å²) >= 11 is 7.30. The van der Waals surface area contributed by atoms with E-state index in [0.29, 0.717) is 5.69 Å². The van der Waals surface area contributed by atoms with E-state index < -0.39 is 5.82 Å². The van der Waals surface area contributed by atoms with Gasteiger partial charge in [-0.3, -0.25) is 0 Å². The molecule has 2 rings (SSSR count). The molecule has 3 nitrogen and oxygen atoms in total. The van der Waals surface area contributed by atoms with Crippen LogP contribution in [0.3, 0.4) is 0 Å². The zero-order chi connectivity index (χ0) is 16.8. The van der Waals surface area contributed by atoms with Crippen LogP contribution in [0.1, 0.15) is 26.0 Å². The molecule has 0 atom stereocenters. The van der Waals surface area contributed by atoms with Crippen LogP contribution in [0.4, 0.5) is 10.1 Å². The van der Waals surface area contributed by atoms with E-state index in [1.54, 1.807) is 23.5 Å². The highest BCUT2D eigenvalue weighted by molar-refractivity contribution is 7.07. The average Bonchev–Trinajstić information content (AvgIpc) is 2.88. The summed E-state index contributed by atoms with van der Waals surface area (Å²) in [6.45, 7) is 10.6. The zero-order valence-electron chi connectivity index (χ0n) is 13.9. The minimum atomic E-state index is -0.436. The summed E-state index contributed by atoms with van der Waals surface area (Å²) in [4.78, 5) is 7.87. The summed E-state index contributed by atoms with van der Waals surface area (Å²) in [6, 6.07) is 4.65. The fourth-order valence-electron chi connectivity index (χ4n) is 2.43. The average molecular weight is 356 g/mol. The Morgan fingerprint density at radius 1 is 1.30 bits per heavy atom. The molecule has 0 bridgehead atoms. The lowest BCUT2D eigenvalue weighted by Crippen LogP contribution is -2.26. The predicted molar refractivity (Wildman–Crippen MR) is 96.1 cm³/mol. The van der Waals surface area contributed by atoms with Crippen molar-refractivity contribution >= 4 is 28.6 Å². The van der Waals surface area contributed by atoms with Gasteiger partial charge in [0.2, 0.25) is 0 Å². The van der Waals surface area contributed by atoms with Gasteiger partial charge >= 0.3 is 0 Å². The highest BCUT2D eigenvalue weighted by atomic mass is 35.5. The Morgan fingerprint density at radius 2 is 2.04 bits per heavy atom. The molecular formula is C17H23ClFN3S. The Kier molecular flexibility index (Phi) is 6.81. The Bertz CT molecular complexity index is 704. The summed E-state index contributed by atoms with van der Waals surface area (Å²) in [5, 5.41) is 2.21. The third kappa shape index (κ3) is 4.90. The van der Waals surface area contributed by atoms with Gasteiger partial charge in [-0.1, -0.05) is 25.4 Å². The van der Waals surface area contributed by atoms with Crippen LogP contribution >= 0.6 is 22.9 Å².